The summed E-state index contributed by atoms with van der Waals surface area (Å²) in [4.78, 5) is 22.7. The number of hydrogen-bond acceptors (Lipinski definition) is 3. The van der Waals surface area contributed by atoms with Crippen LogP contribution in [0, 0.1) is 0 Å². The molecule has 0 radical (unpaired) electrons. The quantitative estimate of drug-likeness (QED) is 0.0648. The van der Waals surface area contributed by atoms with Gasteiger partial charge in [-0.05, 0) is 25.7 Å². The molecule has 0 spiro atoms. The number of esters is 1. The molecular formula is C32H60O4. The summed E-state index contributed by atoms with van der Waals surface area (Å²) in [6, 6.07) is 0. The molecule has 0 aromatic heterocycles. The van der Waals surface area contributed by atoms with Gasteiger partial charge in [-0.3, -0.25) is 0 Å². The molecule has 1 atom stereocenters. The molecule has 36 heavy (non-hydrogen) atoms. The Kier molecular flexibility index (Phi) is 27.2. The molecule has 1 unspecified atom stereocenters. The van der Waals surface area contributed by atoms with Crippen molar-refractivity contribution in [2.24, 2.45) is 0 Å². The highest BCUT2D eigenvalue weighted by molar-refractivity contribution is 5.90. The lowest BCUT2D eigenvalue weighted by Gasteiger charge is -2.17. The number of carboxylic acid groups (broad SMARTS) is 1. The summed E-state index contributed by atoms with van der Waals surface area (Å²) < 4.78 is 5.60. The molecule has 0 aromatic rings. The zero-order valence-electron chi connectivity index (χ0n) is 24.1. The first-order chi connectivity index (χ1) is 17.6. The Balaban J connectivity index is 3.93. The highest BCUT2D eigenvalue weighted by Gasteiger charge is 2.13. The Morgan fingerprint density at radius 3 is 1.14 bits per heavy atom. The van der Waals surface area contributed by atoms with E-state index in [2.05, 4.69) is 13.8 Å². The largest absolute Gasteiger partial charge is 0.478 e. The Morgan fingerprint density at radius 1 is 0.528 bits per heavy atom. The molecular weight excluding hydrogens is 448 g/mol. The maximum absolute atomic E-state index is 12.0. The third-order valence-corrected chi connectivity index (χ3v) is 7.15. The number of rotatable bonds is 28. The lowest BCUT2D eigenvalue weighted by atomic mass is 10.0. The summed E-state index contributed by atoms with van der Waals surface area (Å²) in [7, 11) is 0. The maximum Gasteiger partial charge on any atom is 0.331 e. The van der Waals surface area contributed by atoms with Gasteiger partial charge in [-0.15, -0.1) is 0 Å². The molecule has 0 fully saturated rings. The molecule has 0 rings (SSSR count). The van der Waals surface area contributed by atoms with Gasteiger partial charge < -0.3 is 9.84 Å². The summed E-state index contributed by atoms with van der Waals surface area (Å²) in [6.07, 6.45) is 33.8. The fraction of sp³-hybridized carbons (Fsp3) is 0.875. The number of carbonyl (C=O) groups is 2. The minimum Gasteiger partial charge on any atom is -0.478 e. The van der Waals surface area contributed by atoms with Gasteiger partial charge in [-0.1, -0.05) is 149 Å². The van der Waals surface area contributed by atoms with Gasteiger partial charge in [-0.2, -0.15) is 0 Å². The van der Waals surface area contributed by atoms with Crippen LogP contribution in [0.15, 0.2) is 12.2 Å². The Hall–Kier alpha value is -1.32. The Morgan fingerprint density at radius 2 is 0.833 bits per heavy atom. The second-order valence-corrected chi connectivity index (χ2v) is 10.7. The van der Waals surface area contributed by atoms with Crippen LogP contribution in [0.1, 0.15) is 174 Å². The minimum absolute atomic E-state index is 0.0855. The number of ether oxygens (including phenoxy) is 1. The van der Waals surface area contributed by atoms with Crippen LogP contribution in [0.4, 0.5) is 0 Å². The van der Waals surface area contributed by atoms with Crippen molar-refractivity contribution in [2.45, 2.75) is 180 Å². The van der Waals surface area contributed by atoms with Crippen LogP contribution < -0.4 is 0 Å². The summed E-state index contributed by atoms with van der Waals surface area (Å²) in [5.74, 6) is -1.64. The molecule has 0 saturated carbocycles. The molecule has 0 heterocycles. The van der Waals surface area contributed by atoms with Crippen molar-refractivity contribution in [3.63, 3.8) is 0 Å². The first kappa shape index (κ1) is 34.7. The fourth-order valence-electron chi connectivity index (χ4n) is 4.85. The van der Waals surface area contributed by atoms with E-state index in [0.29, 0.717) is 0 Å². The van der Waals surface area contributed by atoms with Crippen molar-refractivity contribution in [2.75, 3.05) is 0 Å². The maximum atomic E-state index is 12.0. The Bertz CT molecular complexity index is 514. The second kappa shape index (κ2) is 28.3. The SMILES string of the molecule is CCCCCCCCCCCCCCCC(CCCCCCCCCCCC)OC(=O)/C=C/C(=O)O. The van der Waals surface area contributed by atoms with Crippen LogP contribution in [0.3, 0.4) is 0 Å². The van der Waals surface area contributed by atoms with Gasteiger partial charge in [0.05, 0.1) is 0 Å². The second-order valence-electron chi connectivity index (χ2n) is 10.7. The highest BCUT2D eigenvalue weighted by atomic mass is 16.5. The average molecular weight is 509 g/mol. The molecule has 1 N–H and O–H groups in total. The predicted octanol–water partition coefficient (Wildman–Crippen LogP) is 10.3. The molecule has 0 aliphatic heterocycles. The zero-order chi connectivity index (χ0) is 26.5. The van der Waals surface area contributed by atoms with Crippen LogP contribution in [0.2, 0.25) is 0 Å². The third-order valence-electron chi connectivity index (χ3n) is 7.15. The summed E-state index contributed by atoms with van der Waals surface area (Å²) in [6.45, 7) is 4.52. The van der Waals surface area contributed by atoms with Crippen molar-refractivity contribution < 1.29 is 19.4 Å². The number of unbranched alkanes of at least 4 members (excludes halogenated alkanes) is 21. The van der Waals surface area contributed by atoms with Gasteiger partial charge in [0.15, 0.2) is 0 Å². The summed E-state index contributed by atoms with van der Waals surface area (Å²) >= 11 is 0. The van der Waals surface area contributed by atoms with Gasteiger partial charge in [0, 0.05) is 12.2 Å². The predicted molar refractivity (Wildman–Crippen MR) is 153 cm³/mol. The van der Waals surface area contributed by atoms with Crippen LogP contribution in [0.25, 0.3) is 0 Å². The van der Waals surface area contributed by atoms with Crippen molar-refractivity contribution in [1.82, 2.24) is 0 Å². The van der Waals surface area contributed by atoms with E-state index in [9.17, 15) is 9.59 Å². The van der Waals surface area contributed by atoms with E-state index in [1.54, 1.807) is 0 Å². The molecule has 4 nitrogen and oxygen atoms in total. The van der Waals surface area contributed by atoms with Crippen LogP contribution in [0.5, 0.6) is 0 Å². The Labute approximate surface area is 224 Å². The number of carboxylic acids is 1. The van der Waals surface area contributed by atoms with E-state index >= 15 is 0 Å². The lowest BCUT2D eigenvalue weighted by molar-refractivity contribution is -0.144. The van der Waals surface area contributed by atoms with Crippen molar-refractivity contribution >= 4 is 11.9 Å². The first-order valence-electron chi connectivity index (χ1n) is 15.7. The van der Waals surface area contributed by atoms with Crippen LogP contribution >= 0.6 is 0 Å². The summed E-state index contributed by atoms with van der Waals surface area (Å²) in [5.41, 5.74) is 0. The van der Waals surface area contributed by atoms with Crippen molar-refractivity contribution in [3.05, 3.63) is 12.2 Å². The van der Waals surface area contributed by atoms with E-state index in [-0.39, 0.29) is 6.10 Å². The van der Waals surface area contributed by atoms with Gasteiger partial charge >= 0.3 is 11.9 Å². The van der Waals surface area contributed by atoms with Gasteiger partial charge in [-0.25, -0.2) is 9.59 Å². The van der Waals surface area contributed by atoms with E-state index in [1.807, 2.05) is 0 Å². The van der Waals surface area contributed by atoms with Crippen molar-refractivity contribution in [3.8, 4) is 0 Å². The standard InChI is InChI=1S/C32H60O4/c1-3-5-7-9-11-13-15-16-17-19-21-23-25-27-30(36-32(35)29-28-31(33)34)26-24-22-20-18-14-12-10-8-6-4-2/h28-30H,3-27H2,1-2H3,(H,33,34)/b29-28+. The molecule has 0 bridgehead atoms. The van der Waals surface area contributed by atoms with E-state index in [4.69, 9.17) is 9.84 Å². The van der Waals surface area contributed by atoms with E-state index in [0.717, 1.165) is 37.8 Å². The number of hydrogen-bond donors (Lipinski definition) is 1. The topological polar surface area (TPSA) is 63.6 Å². The molecule has 0 aliphatic carbocycles. The number of carbonyl (C=O) groups excluding carboxylic acids is 1. The zero-order valence-corrected chi connectivity index (χ0v) is 24.1. The molecule has 212 valence electrons. The molecule has 0 aliphatic rings. The van der Waals surface area contributed by atoms with Crippen LogP contribution in [-0.4, -0.2) is 23.1 Å². The smallest absolute Gasteiger partial charge is 0.331 e. The summed E-state index contributed by atoms with van der Waals surface area (Å²) in [5, 5.41) is 8.74. The highest BCUT2D eigenvalue weighted by Crippen LogP contribution is 2.18. The fourth-order valence-corrected chi connectivity index (χ4v) is 4.85. The molecule has 0 aromatic carbocycles. The van der Waals surface area contributed by atoms with Gasteiger partial charge in [0.1, 0.15) is 6.10 Å². The monoisotopic (exact) mass is 508 g/mol. The third kappa shape index (κ3) is 27.3. The number of aliphatic carboxylic acids is 1. The minimum atomic E-state index is -1.12. The van der Waals surface area contributed by atoms with E-state index in [1.165, 1.54) is 135 Å². The van der Waals surface area contributed by atoms with Gasteiger partial charge in [0.2, 0.25) is 0 Å². The lowest BCUT2D eigenvalue weighted by Crippen LogP contribution is -2.17. The molecule has 0 amide bonds. The van der Waals surface area contributed by atoms with Crippen LogP contribution in [-0.2, 0) is 14.3 Å². The average Bonchev–Trinajstić information content (AvgIpc) is 2.86. The molecule has 4 heteroatoms. The van der Waals surface area contributed by atoms with E-state index < -0.39 is 11.9 Å². The molecule has 0 saturated heterocycles. The first-order valence-corrected chi connectivity index (χ1v) is 15.7. The van der Waals surface area contributed by atoms with Gasteiger partial charge in [0.25, 0.3) is 0 Å². The normalized spacial score (nSPS) is 12.3. The van der Waals surface area contributed by atoms with Crippen molar-refractivity contribution in [1.29, 1.82) is 0 Å².